The maximum Gasteiger partial charge on any atom is 0.292 e. The third-order valence-electron chi connectivity index (χ3n) is 4.16. The van der Waals surface area contributed by atoms with Crippen LogP contribution in [-0.2, 0) is 10.0 Å². The summed E-state index contributed by atoms with van der Waals surface area (Å²) in [6.07, 6.45) is 0. The largest absolute Gasteiger partial charge is 0.363 e. The van der Waals surface area contributed by atoms with Crippen LogP contribution in [-0.4, -0.2) is 43.8 Å². The van der Waals surface area contributed by atoms with E-state index in [0.717, 1.165) is 18.2 Å². The minimum absolute atomic E-state index is 0.132. The number of nitro benzene ring substituents is 1. The Balaban J connectivity index is 1.78. The van der Waals surface area contributed by atoms with Gasteiger partial charge in [0, 0.05) is 43.3 Å². The number of benzene rings is 2. The molecule has 0 bridgehead atoms. The number of piperazine rings is 1. The molecule has 26 heavy (non-hydrogen) atoms. The predicted molar refractivity (Wildman–Crippen MR) is 95.5 cm³/mol. The SMILES string of the molecule is O=[N+]([O-])c1ccc(F)cc1N1CCN(S(=O)(=O)c2ccc(Cl)cc2)CC1. The fourth-order valence-electron chi connectivity index (χ4n) is 2.83. The minimum Gasteiger partial charge on any atom is -0.363 e. The van der Waals surface area contributed by atoms with Crippen molar-refractivity contribution >= 4 is 33.0 Å². The third-order valence-corrected chi connectivity index (χ3v) is 6.33. The molecule has 0 N–H and O–H groups in total. The van der Waals surface area contributed by atoms with Crippen molar-refractivity contribution in [2.45, 2.75) is 4.90 Å². The molecule has 7 nitrogen and oxygen atoms in total. The number of nitrogens with zero attached hydrogens (tertiary/aromatic N) is 3. The lowest BCUT2D eigenvalue weighted by Crippen LogP contribution is -2.48. The molecule has 0 spiro atoms. The number of hydrogen-bond acceptors (Lipinski definition) is 5. The van der Waals surface area contributed by atoms with E-state index < -0.39 is 20.8 Å². The van der Waals surface area contributed by atoms with E-state index in [0.29, 0.717) is 5.02 Å². The molecule has 2 aromatic rings. The number of sulfonamides is 1. The molecular formula is C16H15ClFN3O4S. The summed E-state index contributed by atoms with van der Waals surface area (Å²) in [5, 5.41) is 11.6. The Hall–Kier alpha value is -2.23. The highest BCUT2D eigenvalue weighted by atomic mass is 35.5. The lowest BCUT2D eigenvalue weighted by atomic mass is 10.2. The Morgan fingerprint density at radius 1 is 1.04 bits per heavy atom. The van der Waals surface area contributed by atoms with E-state index in [2.05, 4.69) is 0 Å². The van der Waals surface area contributed by atoms with Gasteiger partial charge >= 0.3 is 0 Å². The minimum atomic E-state index is -3.68. The lowest BCUT2D eigenvalue weighted by molar-refractivity contribution is -0.384. The van der Waals surface area contributed by atoms with E-state index in [-0.39, 0.29) is 42.4 Å². The molecule has 3 rings (SSSR count). The highest BCUT2D eigenvalue weighted by Gasteiger charge is 2.30. The van der Waals surface area contributed by atoms with Gasteiger partial charge in [-0.15, -0.1) is 0 Å². The van der Waals surface area contributed by atoms with Crippen LogP contribution in [0.2, 0.25) is 5.02 Å². The van der Waals surface area contributed by atoms with Gasteiger partial charge in [-0.2, -0.15) is 4.31 Å². The molecule has 2 aromatic carbocycles. The van der Waals surface area contributed by atoms with Gasteiger partial charge in [0.15, 0.2) is 0 Å². The molecule has 10 heteroatoms. The second kappa shape index (κ2) is 7.18. The van der Waals surface area contributed by atoms with Crippen LogP contribution in [0.3, 0.4) is 0 Å². The highest BCUT2D eigenvalue weighted by Crippen LogP contribution is 2.30. The van der Waals surface area contributed by atoms with Crippen LogP contribution in [0.1, 0.15) is 0 Å². The van der Waals surface area contributed by atoms with Crippen molar-refractivity contribution in [2.75, 3.05) is 31.1 Å². The summed E-state index contributed by atoms with van der Waals surface area (Å²) < 4.78 is 40.2. The van der Waals surface area contributed by atoms with E-state index in [9.17, 15) is 22.9 Å². The summed E-state index contributed by atoms with van der Waals surface area (Å²) in [4.78, 5) is 12.3. The van der Waals surface area contributed by atoms with Gasteiger partial charge in [-0.05, 0) is 30.3 Å². The van der Waals surface area contributed by atoms with Crippen LogP contribution in [0.25, 0.3) is 0 Å². The van der Waals surface area contributed by atoms with Crippen molar-refractivity contribution < 1.29 is 17.7 Å². The molecule has 0 amide bonds. The van der Waals surface area contributed by atoms with Crippen LogP contribution in [0.5, 0.6) is 0 Å². The molecule has 1 fully saturated rings. The Morgan fingerprint density at radius 2 is 1.65 bits per heavy atom. The van der Waals surface area contributed by atoms with Gasteiger partial charge in [0.1, 0.15) is 11.5 Å². The number of anilines is 1. The van der Waals surface area contributed by atoms with Gasteiger partial charge in [0.25, 0.3) is 5.69 Å². The zero-order valence-corrected chi connectivity index (χ0v) is 15.1. The van der Waals surface area contributed by atoms with Gasteiger partial charge in [-0.1, -0.05) is 11.6 Å². The van der Waals surface area contributed by atoms with E-state index in [1.54, 1.807) is 4.90 Å². The number of rotatable bonds is 4. The van der Waals surface area contributed by atoms with Gasteiger partial charge in [-0.3, -0.25) is 10.1 Å². The third kappa shape index (κ3) is 3.64. The van der Waals surface area contributed by atoms with E-state index >= 15 is 0 Å². The summed E-state index contributed by atoms with van der Waals surface area (Å²) in [7, 11) is -3.68. The summed E-state index contributed by atoms with van der Waals surface area (Å²) in [6, 6.07) is 9.11. The van der Waals surface area contributed by atoms with E-state index in [4.69, 9.17) is 11.6 Å². The van der Waals surface area contributed by atoms with Crippen molar-refractivity contribution in [1.29, 1.82) is 0 Å². The molecule has 0 aromatic heterocycles. The van der Waals surface area contributed by atoms with Gasteiger partial charge in [-0.25, -0.2) is 12.8 Å². The van der Waals surface area contributed by atoms with Gasteiger partial charge < -0.3 is 4.90 Å². The molecule has 138 valence electrons. The average molecular weight is 400 g/mol. The number of hydrogen-bond donors (Lipinski definition) is 0. The standard InChI is InChI=1S/C16H15ClFN3O4S/c17-12-1-4-14(5-2-12)26(24,25)20-9-7-19(8-10-20)16-11-13(18)3-6-15(16)21(22)23/h1-6,11H,7-10H2. The zero-order valence-electron chi connectivity index (χ0n) is 13.5. The van der Waals surface area contributed by atoms with Crippen LogP contribution in [0.15, 0.2) is 47.4 Å². The molecule has 1 aliphatic heterocycles. The molecule has 0 aliphatic carbocycles. The van der Waals surface area contributed by atoms with Crippen LogP contribution in [0, 0.1) is 15.9 Å². The molecule has 1 aliphatic rings. The summed E-state index contributed by atoms with van der Waals surface area (Å²) >= 11 is 5.79. The quantitative estimate of drug-likeness (QED) is 0.583. The first-order chi connectivity index (χ1) is 12.3. The normalized spacial score (nSPS) is 15.8. The van der Waals surface area contributed by atoms with Crippen molar-refractivity contribution in [3.8, 4) is 0 Å². The maximum atomic E-state index is 13.5. The monoisotopic (exact) mass is 399 g/mol. The Labute approximate surface area is 154 Å². The van der Waals surface area contributed by atoms with Crippen molar-refractivity contribution in [2.24, 2.45) is 0 Å². The van der Waals surface area contributed by atoms with Crippen LogP contribution < -0.4 is 4.90 Å². The molecule has 0 saturated carbocycles. The zero-order chi connectivity index (χ0) is 18.9. The second-order valence-electron chi connectivity index (χ2n) is 5.74. The first kappa shape index (κ1) is 18.6. The average Bonchev–Trinajstić information content (AvgIpc) is 2.62. The first-order valence-electron chi connectivity index (χ1n) is 7.73. The van der Waals surface area contributed by atoms with Crippen LogP contribution >= 0.6 is 11.6 Å². The van der Waals surface area contributed by atoms with Crippen LogP contribution in [0.4, 0.5) is 15.8 Å². The molecule has 1 heterocycles. The van der Waals surface area contributed by atoms with Crippen molar-refractivity contribution in [3.63, 3.8) is 0 Å². The summed E-state index contributed by atoms with van der Waals surface area (Å²) in [6.45, 7) is 0.714. The van der Waals surface area contributed by atoms with Gasteiger partial charge in [0.05, 0.1) is 9.82 Å². The maximum absolute atomic E-state index is 13.5. The highest BCUT2D eigenvalue weighted by molar-refractivity contribution is 7.89. The molecular weight excluding hydrogens is 385 g/mol. The fraction of sp³-hybridized carbons (Fsp3) is 0.250. The summed E-state index contributed by atoms with van der Waals surface area (Å²) in [5.41, 5.74) is -0.0565. The number of halogens is 2. The van der Waals surface area contributed by atoms with Gasteiger partial charge in [0.2, 0.25) is 10.0 Å². The molecule has 0 atom stereocenters. The molecule has 0 radical (unpaired) electrons. The summed E-state index contributed by atoms with van der Waals surface area (Å²) in [5.74, 6) is -0.582. The Kier molecular flexibility index (Phi) is 5.12. The molecule has 0 unspecified atom stereocenters. The molecule has 1 saturated heterocycles. The lowest BCUT2D eigenvalue weighted by Gasteiger charge is -2.35. The van der Waals surface area contributed by atoms with E-state index in [1.807, 2.05) is 0 Å². The second-order valence-corrected chi connectivity index (χ2v) is 8.11. The first-order valence-corrected chi connectivity index (χ1v) is 9.55. The smallest absolute Gasteiger partial charge is 0.292 e. The topological polar surface area (TPSA) is 83.8 Å². The predicted octanol–water partition coefficient (Wildman–Crippen LogP) is 2.90. The van der Waals surface area contributed by atoms with E-state index in [1.165, 1.54) is 28.6 Å². The Morgan fingerprint density at radius 3 is 2.23 bits per heavy atom. The number of nitro groups is 1. The van der Waals surface area contributed by atoms with Crippen molar-refractivity contribution in [1.82, 2.24) is 4.31 Å². The fourth-order valence-corrected chi connectivity index (χ4v) is 4.38. The Bertz CT molecular complexity index is 929. The van der Waals surface area contributed by atoms with Crippen molar-refractivity contribution in [3.05, 3.63) is 63.4 Å².